The number of benzene rings is 2. The molecule has 9 heteroatoms. The number of non-ortho nitro benzene ring substituents is 1. The van der Waals surface area contributed by atoms with Gasteiger partial charge in [-0.2, -0.15) is 0 Å². The number of thiocarbonyl (C=S) groups is 1. The quantitative estimate of drug-likeness (QED) is 0.441. The second-order valence-electron chi connectivity index (χ2n) is 6.06. The van der Waals surface area contributed by atoms with E-state index in [0.717, 1.165) is 18.2 Å². The van der Waals surface area contributed by atoms with Crippen molar-refractivity contribution >= 4 is 34.6 Å². The number of carbonyl (C=O) groups is 1. The number of amides is 1. The maximum atomic E-state index is 13.8. The third kappa shape index (κ3) is 6.00. The summed E-state index contributed by atoms with van der Waals surface area (Å²) in [6, 6.07) is 9.51. The van der Waals surface area contributed by atoms with Gasteiger partial charge in [0.2, 0.25) is 0 Å². The first-order valence-electron chi connectivity index (χ1n) is 8.05. The Labute approximate surface area is 160 Å². The molecule has 2 aromatic carbocycles. The molecule has 27 heavy (non-hydrogen) atoms. The van der Waals surface area contributed by atoms with Crippen LogP contribution in [0.25, 0.3) is 0 Å². The van der Waals surface area contributed by atoms with Crippen LogP contribution in [0.4, 0.5) is 15.8 Å². The summed E-state index contributed by atoms with van der Waals surface area (Å²) in [5, 5.41) is 15.4. The lowest BCUT2D eigenvalue weighted by Gasteiger charge is -2.12. The van der Waals surface area contributed by atoms with E-state index in [1.807, 2.05) is 13.8 Å². The van der Waals surface area contributed by atoms with E-state index < -0.39 is 16.6 Å². The molecule has 0 aliphatic rings. The minimum atomic E-state index is -0.735. The molecule has 1 amide bonds. The van der Waals surface area contributed by atoms with Crippen molar-refractivity contribution in [2.75, 3.05) is 11.9 Å². The number of anilines is 1. The van der Waals surface area contributed by atoms with Crippen LogP contribution in [0.2, 0.25) is 0 Å². The van der Waals surface area contributed by atoms with Crippen LogP contribution in [0.5, 0.6) is 5.75 Å². The Morgan fingerprint density at radius 1 is 1.30 bits per heavy atom. The molecule has 0 saturated carbocycles. The van der Waals surface area contributed by atoms with Crippen molar-refractivity contribution < 1.29 is 18.8 Å². The summed E-state index contributed by atoms with van der Waals surface area (Å²) in [5.74, 6) is -0.376. The van der Waals surface area contributed by atoms with Gasteiger partial charge in [-0.15, -0.1) is 0 Å². The second kappa shape index (κ2) is 9.04. The summed E-state index contributed by atoms with van der Waals surface area (Å²) >= 11 is 4.99. The van der Waals surface area contributed by atoms with Crippen molar-refractivity contribution in [1.82, 2.24) is 5.32 Å². The molecule has 0 aromatic heterocycles. The molecular weight excluding hydrogens is 373 g/mol. The number of hydrogen-bond donors (Lipinski definition) is 2. The molecule has 7 nitrogen and oxygen atoms in total. The van der Waals surface area contributed by atoms with Gasteiger partial charge in [-0.1, -0.05) is 19.9 Å². The highest BCUT2D eigenvalue weighted by Crippen LogP contribution is 2.21. The Morgan fingerprint density at radius 2 is 2.04 bits per heavy atom. The molecule has 2 rings (SSSR count). The predicted octanol–water partition coefficient (Wildman–Crippen LogP) is 3.90. The average Bonchev–Trinajstić information content (AvgIpc) is 2.61. The maximum absolute atomic E-state index is 13.8. The van der Waals surface area contributed by atoms with Gasteiger partial charge in [0.25, 0.3) is 11.6 Å². The third-order valence-corrected chi connectivity index (χ3v) is 3.52. The van der Waals surface area contributed by atoms with Crippen LogP contribution in [0.3, 0.4) is 0 Å². The lowest BCUT2D eigenvalue weighted by molar-refractivity contribution is -0.384. The molecular formula is C18H18FN3O4S. The van der Waals surface area contributed by atoms with E-state index in [2.05, 4.69) is 10.6 Å². The van der Waals surface area contributed by atoms with E-state index in [1.165, 1.54) is 0 Å². The Balaban J connectivity index is 2.04. The Bertz CT molecular complexity index is 873. The van der Waals surface area contributed by atoms with Crippen molar-refractivity contribution in [1.29, 1.82) is 0 Å². The number of nitrogens with one attached hydrogen (secondary N) is 2. The van der Waals surface area contributed by atoms with E-state index in [0.29, 0.717) is 23.8 Å². The van der Waals surface area contributed by atoms with Crippen LogP contribution >= 0.6 is 12.2 Å². The van der Waals surface area contributed by atoms with Gasteiger partial charge in [0.1, 0.15) is 11.6 Å². The number of hydrogen-bond acceptors (Lipinski definition) is 5. The van der Waals surface area contributed by atoms with Crippen molar-refractivity contribution in [3.05, 3.63) is 64.0 Å². The minimum Gasteiger partial charge on any atom is -0.493 e. The SMILES string of the molecule is CC(C)COc1cccc(C(=O)NC(=S)Nc2cc([N+](=O)[O-])ccc2F)c1. The zero-order valence-corrected chi connectivity index (χ0v) is 15.5. The molecule has 0 unspecified atom stereocenters. The lowest BCUT2D eigenvalue weighted by atomic mass is 10.2. The van der Waals surface area contributed by atoms with Gasteiger partial charge in [-0.25, -0.2) is 4.39 Å². The Morgan fingerprint density at radius 3 is 2.70 bits per heavy atom. The van der Waals surface area contributed by atoms with E-state index >= 15 is 0 Å². The lowest BCUT2D eigenvalue weighted by Crippen LogP contribution is -2.34. The van der Waals surface area contributed by atoms with E-state index in [4.69, 9.17) is 17.0 Å². The maximum Gasteiger partial charge on any atom is 0.271 e. The van der Waals surface area contributed by atoms with Crippen LogP contribution in [-0.2, 0) is 0 Å². The molecule has 142 valence electrons. The van der Waals surface area contributed by atoms with Crippen molar-refractivity contribution in [2.45, 2.75) is 13.8 Å². The highest BCUT2D eigenvalue weighted by Gasteiger charge is 2.14. The summed E-state index contributed by atoms with van der Waals surface area (Å²) in [4.78, 5) is 22.4. The number of nitro benzene ring substituents is 1. The smallest absolute Gasteiger partial charge is 0.271 e. The van der Waals surface area contributed by atoms with Gasteiger partial charge in [0, 0.05) is 17.7 Å². The molecule has 0 aliphatic heterocycles. The van der Waals surface area contributed by atoms with E-state index in [1.54, 1.807) is 24.3 Å². The van der Waals surface area contributed by atoms with Gasteiger partial charge >= 0.3 is 0 Å². The molecule has 0 atom stereocenters. The predicted molar refractivity (Wildman–Crippen MR) is 104 cm³/mol. The molecule has 0 fully saturated rings. The van der Waals surface area contributed by atoms with Crippen LogP contribution in [0, 0.1) is 21.8 Å². The molecule has 0 aliphatic carbocycles. The molecule has 2 aromatic rings. The molecule has 0 radical (unpaired) electrons. The molecule has 0 bridgehead atoms. The van der Waals surface area contributed by atoms with Crippen LogP contribution < -0.4 is 15.4 Å². The Hall–Kier alpha value is -3.07. The first-order valence-corrected chi connectivity index (χ1v) is 8.46. The normalized spacial score (nSPS) is 10.4. The topological polar surface area (TPSA) is 93.5 Å². The molecule has 0 spiro atoms. The number of halogens is 1. The second-order valence-corrected chi connectivity index (χ2v) is 6.47. The zero-order valence-electron chi connectivity index (χ0n) is 14.7. The number of nitrogens with zero attached hydrogens (tertiary/aromatic N) is 1. The summed E-state index contributed by atoms with van der Waals surface area (Å²) < 4.78 is 19.4. The first-order chi connectivity index (χ1) is 12.8. The number of rotatable bonds is 6. The van der Waals surface area contributed by atoms with Crippen molar-refractivity contribution in [2.24, 2.45) is 5.92 Å². The zero-order chi connectivity index (χ0) is 20.0. The largest absolute Gasteiger partial charge is 0.493 e. The van der Waals surface area contributed by atoms with Gasteiger partial charge < -0.3 is 10.1 Å². The van der Waals surface area contributed by atoms with Gasteiger partial charge in [0.05, 0.1) is 17.2 Å². The number of nitro groups is 1. The van der Waals surface area contributed by atoms with Gasteiger partial charge in [-0.3, -0.25) is 20.2 Å². The summed E-state index contributed by atoms with van der Waals surface area (Å²) in [6.07, 6.45) is 0. The molecule has 0 heterocycles. The monoisotopic (exact) mass is 391 g/mol. The van der Waals surface area contributed by atoms with Crippen molar-refractivity contribution in [3.8, 4) is 5.75 Å². The van der Waals surface area contributed by atoms with Crippen LogP contribution in [-0.4, -0.2) is 22.5 Å². The highest BCUT2D eigenvalue weighted by atomic mass is 32.1. The van der Waals surface area contributed by atoms with Crippen molar-refractivity contribution in [3.63, 3.8) is 0 Å². The fourth-order valence-corrected chi connectivity index (χ4v) is 2.24. The molecule has 0 saturated heterocycles. The summed E-state index contributed by atoms with van der Waals surface area (Å²) in [7, 11) is 0. The average molecular weight is 391 g/mol. The van der Waals surface area contributed by atoms with Crippen LogP contribution in [0.1, 0.15) is 24.2 Å². The fraction of sp³-hybridized carbons (Fsp3) is 0.222. The number of carbonyl (C=O) groups excluding carboxylic acids is 1. The van der Waals surface area contributed by atoms with E-state index in [-0.39, 0.29) is 16.5 Å². The van der Waals surface area contributed by atoms with Gasteiger partial charge in [-0.05, 0) is 42.4 Å². The summed E-state index contributed by atoms with van der Waals surface area (Å²) in [5.41, 5.74) is -0.202. The first kappa shape index (κ1) is 20.2. The Kier molecular flexibility index (Phi) is 6.78. The van der Waals surface area contributed by atoms with Crippen LogP contribution in [0.15, 0.2) is 42.5 Å². The number of ether oxygens (including phenoxy) is 1. The standard InChI is InChI=1S/C18H18FN3O4S/c1-11(2)10-26-14-5-3-4-12(8-14)17(23)21-18(27)20-16-9-13(22(24)25)6-7-15(16)19/h3-9,11H,10H2,1-2H3,(H2,20,21,23,27). The minimum absolute atomic E-state index is 0.187. The van der Waals surface area contributed by atoms with E-state index in [9.17, 15) is 19.3 Å². The molecule has 2 N–H and O–H groups in total. The van der Waals surface area contributed by atoms with Gasteiger partial charge in [0.15, 0.2) is 5.11 Å². The summed E-state index contributed by atoms with van der Waals surface area (Å²) in [6.45, 7) is 4.53. The third-order valence-electron chi connectivity index (χ3n) is 3.32. The fourth-order valence-electron chi connectivity index (χ4n) is 2.04. The highest BCUT2D eigenvalue weighted by molar-refractivity contribution is 7.80.